The van der Waals surface area contributed by atoms with Gasteiger partial charge in [-0.2, -0.15) is 4.98 Å². The third kappa shape index (κ3) is 2.06. The van der Waals surface area contributed by atoms with Gasteiger partial charge in [0, 0.05) is 26.7 Å². The first kappa shape index (κ1) is 9.92. The van der Waals surface area contributed by atoms with Crippen molar-refractivity contribution in [1.82, 2.24) is 20.1 Å². The number of hydrogen-bond acceptors (Lipinski definition) is 4. The van der Waals surface area contributed by atoms with E-state index in [1.807, 2.05) is 11.7 Å². The molecule has 2 rings (SSSR count). The fraction of sp³-hybridized carbons (Fsp3) is 0.750. The summed E-state index contributed by atoms with van der Waals surface area (Å²) in [5.74, 6) is 0.945. The molecular formula is C8H14BrN5. The van der Waals surface area contributed by atoms with Crippen molar-refractivity contribution in [2.45, 2.75) is 6.42 Å². The summed E-state index contributed by atoms with van der Waals surface area (Å²) in [5, 5.41) is 7.54. The first-order valence-electron chi connectivity index (χ1n) is 4.79. The van der Waals surface area contributed by atoms with Crippen LogP contribution in [0.4, 0.5) is 5.95 Å². The smallest absolute Gasteiger partial charge is 0.224 e. The van der Waals surface area contributed by atoms with Crippen molar-refractivity contribution in [2.24, 2.45) is 7.05 Å². The van der Waals surface area contributed by atoms with Gasteiger partial charge in [-0.1, -0.05) is 0 Å². The third-order valence-electron chi connectivity index (χ3n) is 2.34. The van der Waals surface area contributed by atoms with Gasteiger partial charge in [0.15, 0.2) is 0 Å². The number of halogens is 1. The Morgan fingerprint density at radius 1 is 1.36 bits per heavy atom. The Bertz CT molecular complexity index is 303. The zero-order valence-corrected chi connectivity index (χ0v) is 9.79. The maximum absolute atomic E-state index is 4.34. The topological polar surface area (TPSA) is 46.0 Å². The molecule has 1 aromatic rings. The highest BCUT2D eigenvalue weighted by atomic mass is 79.9. The number of nitrogens with zero attached hydrogens (tertiary/aromatic N) is 4. The minimum atomic E-state index is 0.659. The maximum Gasteiger partial charge on any atom is 0.224 e. The van der Waals surface area contributed by atoms with E-state index in [0.29, 0.717) is 4.73 Å². The van der Waals surface area contributed by atoms with Crippen LogP contribution in [0, 0.1) is 0 Å². The molecule has 0 aliphatic carbocycles. The highest BCUT2D eigenvalue weighted by Gasteiger charge is 2.15. The number of rotatable bonds is 1. The van der Waals surface area contributed by atoms with E-state index in [1.165, 1.54) is 0 Å². The first-order chi connectivity index (χ1) is 6.77. The Morgan fingerprint density at radius 2 is 2.21 bits per heavy atom. The van der Waals surface area contributed by atoms with Crippen molar-refractivity contribution in [1.29, 1.82) is 0 Å². The molecule has 0 saturated carbocycles. The molecule has 0 spiro atoms. The van der Waals surface area contributed by atoms with Gasteiger partial charge in [-0.15, -0.1) is 5.10 Å². The molecule has 5 nitrogen and oxygen atoms in total. The Balaban J connectivity index is 2.15. The van der Waals surface area contributed by atoms with E-state index in [2.05, 4.69) is 36.2 Å². The van der Waals surface area contributed by atoms with Crippen LogP contribution in [-0.2, 0) is 7.05 Å². The standard InChI is InChI=1S/C8H14BrN5/c1-13-8(11-7(9)12-13)14-5-2-3-10-4-6-14/h10H,2-6H2,1H3. The molecule has 0 amide bonds. The molecule has 0 aromatic carbocycles. The summed E-state index contributed by atoms with van der Waals surface area (Å²) in [4.78, 5) is 6.60. The molecule has 1 saturated heterocycles. The van der Waals surface area contributed by atoms with Gasteiger partial charge in [-0.05, 0) is 28.9 Å². The average molecular weight is 260 g/mol. The van der Waals surface area contributed by atoms with Crippen LogP contribution in [0.1, 0.15) is 6.42 Å². The van der Waals surface area contributed by atoms with Crippen molar-refractivity contribution in [3.8, 4) is 0 Å². The predicted octanol–water partition coefficient (Wildman–Crippen LogP) is 0.377. The van der Waals surface area contributed by atoms with Crippen LogP contribution in [0.25, 0.3) is 0 Å². The Labute approximate surface area is 91.6 Å². The maximum atomic E-state index is 4.34. The molecule has 1 N–H and O–H groups in total. The lowest BCUT2D eigenvalue weighted by Gasteiger charge is -2.19. The highest BCUT2D eigenvalue weighted by Crippen LogP contribution is 2.14. The lowest BCUT2D eigenvalue weighted by molar-refractivity contribution is 0.700. The quantitative estimate of drug-likeness (QED) is 0.792. The van der Waals surface area contributed by atoms with Gasteiger partial charge in [0.1, 0.15) is 0 Å². The van der Waals surface area contributed by atoms with E-state index >= 15 is 0 Å². The molecule has 78 valence electrons. The third-order valence-corrected chi connectivity index (χ3v) is 2.67. The molecule has 1 fully saturated rings. The molecule has 1 aliphatic heterocycles. The Morgan fingerprint density at radius 3 is 2.93 bits per heavy atom. The van der Waals surface area contributed by atoms with Crippen LogP contribution in [0.5, 0.6) is 0 Å². The van der Waals surface area contributed by atoms with Crippen molar-refractivity contribution in [3.05, 3.63) is 4.73 Å². The van der Waals surface area contributed by atoms with E-state index in [1.54, 1.807) is 0 Å². The molecule has 14 heavy (non-hydrogen) atoms. The summed E-state index contributed by atoms with van der Waals surface area (Å²) >= 11 is 3.28. The lowest BCUT2D eigenvalue weighted by atomic mass is 10.4. The lowest BCUT2D eigenvalue weighted by Crippen LogP contribution is -2.30. The number of aryl methyl sites for hydroxylation is 1. The van der Waals surface area contributed by atoms with Gasteiger partial charge < -0.3 is 10.2 Å². The first-order valence-corrected chi connectivity index (χ1v) is 5.59. The van der Waals surface area contributed by atoms with Gasteiger partial charge in [0.2, 0.25) is 10.7 Å². The fourth-order valence-corrected chi connectivity index (χ4v) is 2.06. The highest BCUT2D eigenvalue weighted by molar-refractivity contribution is 9.10. The molecule has 6 heteroatoms. The number of aromatic nitrogens is 3. The van der Waals surface area contributed by atoms with Gasteiger partial charge in [-0.3, -0.25) is 0 Å². The average Bonchev–Trinajstić information content (AvgIpc) is 2.43. The molecule has 1 aromatic heterocycles. The summed E-state index contributed by atoms with van der Waals surface area (Å²) in [7, 11) is 1.92. The Hall–Kier alpha value is -0.620. The second-order valence-corrected chi connectivity index (χ2v) is 4.10. The Kier molecular flexibility index (Phi) is 3.02. The van der Waals surface area contributed by atoms with E-state index < -0.39 is 0 Å². The van der Waals surface area contributed by atoms with Crippen LogP contribution in [0.2, 0.25) is 0 Å². The molecular weight excluding hydrogens is 246 g/mol. The zero-order valence-electron chi connectivity index (χ0n) is 8.20. The minimum absolute atomic E-state index is 0.659. The summed E-state index contributed by atoms with van der Waals surface area (Å²) in [6.07, 6.45) is 1.16. The second kappa shape index (κ2) is 4.27. The minimum Gasteiger partial charge on any atom is -0.340 e. The van der Waals surface area contributed by atoms with Crippen LogP contribution < -0.4 is 10.2 Å². The summed E-state index contributed by atoms with van der Waals surface area (Å²) in [5.41, 5.74) is 0. The van der Waals surface area contributed by atoms with E-state index in [0.717, 1.165) is 38.5 Å². The van der Waals surface area contributed by atoms with Crippen LogP contribution >= 0.6 is 15.9 Å². The van der Waals surface area contributed by atoms with E-state index in [9.17, 15) is 0 Å². The molecule has 0 atom stereocenters. The van der Waals surface area contributed by atoms with Crippen LogP contribution in [-0.4, -0.2) is 40.9 Å². The second-order valence-electron chi connectivity index (χ2n) is 3.40. The van der Waals surface area contributed by atoms with E-state index in [4.69, 9.17) is 0 Å². The van der Waals surface area contributed by atoms with Crippen molar-refractivity contribution in [3.63, 3.8) is 0 Å². The molecule has 0 bridgehead atoms. The normalized spacial score (nSPS) is 18.3. The monoisotopic (exact) mass is 259 g/mol. The zero-order chi connectivity index (χ0) is 9.97. The number of anilines is 1. The van der Waals surface area contributed by atoms with Crippen LogP contribution in [0.3, 0.4) is 0 Å². The van der Waals surface area contributed by atoms with Crippen LogP contribution in [0.15, 0.2) is 4.73 Å². The molecule has 0 unspecified atom stereocenters. The largest absolute Gasteiger partial charge is 0.340 e. The molecule has 1 aliphatic rings. The SMILES string of the molecule is Cn1nc(Br)nc1N1CCCNCC1. The van der Waals surface area contributed by atoms with Crippen molar-refractivity contribution < 1.29 is 0 Å². The van der Waals surface area contributed by atoms with E-state index in [-0.39, 0.29) is 0 Å². The fourth-order valence-electron chi connectivity index (χ4n) is 1.67. The van der Waals surface area contributed by atoms with Crippen molar-refractivity contribution >= 4 is 21.9 Å². The number of nitrogens with one attached hydrogen (secondary N) is 1. The van der Waals surface area contributed by atoms with Gasteiger partial charge >= 0.3 is 0 Å². The van der Waals surface area contributed by atoms with Crippen molar-refractivity contribution in [2.75, 3.05) is 31.1 Å². The summed E-state index contributed by atoms with van der Waals surface area (Å²) < 4.78 is 2.47. The van der Waals surface area contributed by atoms with Gasteiger partial charge in [0.25, 0.3) is 0 Å². The number of hydrogen-bond donors (Lipinski definition) is 1. The molecule has 0 radical (unpaired) electrons. The van der Waals surface area contributed by atoms with Gasteiger partial charge in [-0.25, -0.2) is 4.68 Å². The van der Waals surface area contributed by atoms with Gasteiger partial charge in [0.05, 0.1) is 0 Å². The summed E-state index contributed by atoms with van der Waals surface area (Å²) in [6, 6.07) is 0. The predicted molar refractivity (Wildman–Crippen MR) is 58.4 cm³/mol. The summed E-state index contributed by atoms with van der Waals surface area (Å²) in [6.45, 7) is 4.16. The molecule has 2 heterocycles.